The zero-order valence-corrected chi connectivity index (χ0v) is 18.1. The molecule has 0 amide bonds. The van der Waals surface area contributed by atoms with Gasteiger partial charge in [-0.1, -0.05) is 45.9 Å². The zero-order valence-electron chi connectivity index (χ0n) is 15.7. The van der Waals surface area contributed by atoms with Gasteiger partial charge in [0.15, 0.2) is 11.6 Å². The molecule has 0 fully saturated rings. The largest absolute Gasteiger partial charge is 0.335 e. The minimum atomic E-state index is 0.0921. The second-order valence-electron chi connectivity index (χ2n) is 6.49. The third-order valence-electron chi connectivity index (χ3n) is 4.61. The van der Waals surface area contributed by atoms with Crippen molar-refractivity contribution in [1.82, 2.24) is 14.9 Å². The third kappa shape index (κ3) is 3.80. The molecule has 5 nitrogen and oxygen atoms in total. The Hall–Kier alpha value is -2.12. The summed E-state index contributed by atoms with van der Waals surface area (Å²) in [6, 6.07) is 9.83. The van der Waals surface area contributed by atoms with E-state index in [-0.39, 0.29) is 5.78 Å². The highest BCUT2D eigenvalue weighted by molar-refractivity contribution is 9.10. The highest BCUT2D eigenvalue weighted by Gasteiger charge is 2.17. The average Bonchev–Trinajstić information content (AvgIpc) is 2.95. The number of hydrogen-bond donors (Lipinski definition) is 1. The first-order valence-corrected chi connectivity index (χ1v) is 10.3. The minimum Gasteiger partial charge on any atom is -0.335 e. The number of nitrogens with zero attached hydrogens (tertiary/aromatic N) is 3. The van der Waals surface area contributed by atoms with Crippen molar-refractivity contribution in [3.8, 4) is 11.4 Å². The summed E-state index contributed by atoms with van der Waals surface area (Å²) in [5.41, 5.74) is 6.05. The first-order valence-electron chi connectivity index (χ1n) is 8.50. The molecule has 0 radical (unpaired) electrons. The molecule has 1 heterocycles. The maximum Gasteiger partial charge on any atom is 0.210 e. The summed E-state index contributed by atoms with van der Waals surface area (Å²) in [5, 5.41) is 9.12. The molecule has 1 aromatic heterocycles. The SMILES string of the molecule is CC(=O)c1c(C)cc(C)c(CSc2nnc(-c3ccccc3Br)n2N)c1C. The molecule has 0 saturated heterocycles. The molecule has 0 aliphatic heterocycles. The van der Waals surface area contributed by atoms with Gasteiger partial charge in [0, 0.05) is 21.4 Å². The summed E-state index contributed by atoms with van der Waals surface area (Å²) in [7, 11) is 0. The number of carbonyl (C=O) groups is 1. The predicted octanol–water partition coefficient (Wildman–Crippen LogP) is 4.84. The van der Waals surface area contributed by atoms with E-state index in [0.717, 1.165) is 37.9 Å². The predicted molar refractivity (Wildman–Crippen MR) is 114 cm³/mol. The van der Waals surface area contributed by atoms with Gasteiger partial charge in [-0.25, -0.2) is 4.68 Å². The van der Waals surface area contributed by atoms with Crippen LogP contribution in [0.1, 0.15) is 39.5 Å². The van der Waals surface area contributed by atoms with Crippen molar-refractivity contribution in [3.63, 3.8) is 0 Å². The standard InChI is InChI=1S/C20H21BrN4OS/c1-11-9-12(2)18(14(4)26)13(3)16(11)10-27-20-24-23-19(25(20)22)15-7-5-6-8-17(15)21/h5-9H,10,22H2,1-4H3. The summed E-state index contributed by atoms with van der Waals surface area (Å²) in [6.45, 7) is 7.67. The Balaban J connectivity index is 1.90. The summed E-state index contributed by atoms with van der Waals surface area (Å²) in [5.74, 6) is 7.61. The van der Waals surface area contributed by atoms with Gasteiger partial charge in [0.2, 0.25) is 5.16 Å². The van der Waals surface area contributed by atoms with E-state index in [1.165, 1.54) is 16.4 Å². The smallest absolute Gasteiger partial charge is 0.210 e. The summed E-state index contributed by atoms with van der Waals surface area (Å²) >= 11 is 5.04. The lowest BCUT2D eigenvalue weighted by Gasteiger charge is -2.15. The quantitative estimate of drug-likeness (QED) is 0.346. The van der Waals surface area contributed by atoms with Crippen LogP contribution in [0.4, 0.5) is 0 Å². The zero-order chi connectivity index (χ0) is 19.7. The number of Topliss-reactive ketones (excluding diaryl/α,β-unsaturated/α-hetero) is 1. The highest BCUT2D eigenvalue weighted by Crippen LogP contribution is 2.31. The Bertz CT molecular complexity index is 1030. The van der Waals surface area contributed by atoms with Crippen molar-refractivity contribution >= 4 is 33.5 Å². The van der Waals surface area contributed by atoms with Crippen molar-refractivity contribution < 1.29 is 4.79 Å². The van der Waals surface area contributed by atoms with E-state index in [9.17, 15) is 4.79 Å². The third-order valence-corrected chi connectivity index (χ3v) is 6.27. The van der Waals surface area contributed by atoms with Crippen LogP contribution >= 0.6 is 27.7 Å². The van der Waals surface area contributed by atoms with Gasteiger partial charge >= 0.3 is 0 Å². The van der Waals surface area contributed by atoms with Gasteiger partial charge in [0.25, 0.3) is 0 Å². The monoisotopic (exact) mass is 444 g/mol. The molecule has 2 N–H and O–H groups in total. The summed E-state index contributed by atoms with van der Waals surface area (Å²) < 4.78 is 2.42. The van der Waals surface area contributed by atoms with Crippen molar-refractivity contribution in [3.05, 3.63) is 62.6 Å². The molecule has 2 aromatic carbocycles. The molecular formula is C20H21BrN4OS. The molecule has 27 heavy (non-hydrogen) atoms. The fourth-order valence-electron chi connectivity index (χ4n) is 3.33. The van der Waals surface area contributed by atoms with Crippen LogP contribution in [0.25, 0.3) is 11.4 Å². The maximum atomic E-state index is 12.0. The van der Waals surface area contributed by atoms with Gasteiger partial charge in [0.1, 0.15) is 0 Å². The number of benzene rings is 2. The Labute approximate surface area is 171 Å². The van der Waals surface area contributed by atoms with Crippen LogP contribution in [0.5, 0.6) is 0 Å². The number of carbonyl (C=O) groups excluding carboxylic acids is 1. The summed E-state index contributed by atoms with van der Waals surface area (Å²) in [4.78, 5) is 12.0. The number of aryl methyl sites for hydroxylation is 2. The van der Waals surface area contributed by atoms with Crippen molar-refractivity contribution in [2.75, 3.05) is 5.84 Å². The Morgan fingerprint density at radius 3 is 2.56 bits per heavy atom. The van der Waals surface area contributed by atoms with Crippen molar-refractivity contribution in [2.45, 2.75) is 38.6 Å². The van der Waals surface area contributed by atoms with E-state index in [4.69, 9.17) is 5.84 Å². The van der Waals surface area contributed by atoms with Gasteiger partial charge in [-0.2, -0.15) is 0 Å². The number of rotatable bonds is 5. The van der Waals surface area contributed by atoms with Crippen molar-refractivity contribution in [1.29, 1.82) is 0 Å². The molecule has 0 aliphatic carbocycles. The van der Waals surface area contributed by atoms with E-state index in [1.807, 2.05) is 38.1 Å². The van der Waals surface area contributed by atoms with Crippen molar-refractivity contribution in [2.24, 2.45) is 0 Å². The van der Waals surface area contributed by atoms with Crippen LogP contribution in [0.3, 0.4) is 0 Å². The number of nitrogen functional groups attached to an aromatic ring is 1. The maximum absolute atomic E-state index is 12.0. The Morgan fingerprint density at radius 1 is 1.19 bits per heavy atom. The van der Waals surface area contributed by atoms with Gasteiger partial charge < -0.3 is 5.84 Å². The van der Waals surface area contributed by atoms with E-state index < -0.39 is 0 Å². The number of thioether (sulfide) groups is 1. The van der Waals surface area contributed by atoms with E-state index in [2.05, 4.69) is 39.1 Å². The lowest BCUT2D eigenvalue weighted by atomic mass is 9.92. The first kappa shape index (κ1) is 19.6. The molecular weight excluding hydrogens is 424 g/mol. The first-order chi connectivity index (χ1) is 12.8. The van der Waals surface area contributed by atoms with Crippen LogP contribution < -0.4 is 5.84 Å². The van der Waals surface area contributed by atoms with E-state index >= 15 is 0 Å². The number of aromatic nitrogens is 3. The molecule has 7 heteroatoms. The molecule has 0 unspecified atom stereocenters. The second-order valence-corrected chi connectivity index (χ2v) is 8.29. The lowest BCUT2D eigenvalue weighted by Crippen LogP contribution is -2.12. The minimum absolute atomic E-state index is 0.0921. The Kier molecular flexibility index (Phi) is 5.72. The number of halogens is 1. The fourth-order valence-corrected chi connectivity index (χ4v) is 4.83. The van der Waals surface area contributed by atoms with E-state index in [0.29, 0.717) is 16.7 Å². The van der Waals surface area contributed by atoms with Crippen LogP contribution in [0.2, 0.25) is 0 Å². The second kappa shape index (κ2) is 7.86. The van der Waals surface area contributed by atoms with Gasteiger partial charge in [-0.3, -0.25) is 4.79 Å². The molecule has 140 valence electrons. The van der Waals surface area contributed by atoms with Crippen LogP contribution in [-0.2, 0) is 5.75 Å². The van der Waals surface area contributed by atoms with Gasteiger partial charge in [0.05, 0.1) is 0 Å². The molecule has 0 aliphatic rings. The molecule has 0 spiro atoms. The van der Waals surface area contributed by atoms with Gasteiger partial charge in [-0.15, -0.1) is 10.2 Å². The fraction of sp³-hybridized carbons (Fsp3) is 0.250. The Morgan fingerprint density at radius 2 is 1.89 bits per heavy atom. The van der Waals surface area contributed by atoms with E-state index in [1.54, 1.807) is 6.92 Å². The van der Waals surface area contributed by atoms with Gasteiger partial charge in [-0.05, 0) is 62.1 Å². The molecule has 3 aromatic rings. The molecule has 3 rings (SSSR count). The number of hydrogen-bond acceptors (Lipinski definition) is 5. The van der Waals surface area contributed by atoms with Crippen LogP contribution in [0, 0.1) is 20.8 Å². The molecule has 0 bridgehead atoms. The average molecular weight is 445 g/mol. The normalized spacial score (nSPS) is 11.0. The number of nitrogens with two attached hydrogens (primary N) is 1. The number of ketones is 1. The molecule has 0 atom stereocenters. The molecule has 0 saturated carbocycles. The lowest BCUT2D eigenvalue weighted by molar-refractivity contribution is 0.101. The summed E-state index contributed by atoms with van der Waals surface area (Å²) in [6.07, 6.45) is 0. The highest BCUT2D eigenvalue weighted by atomic mass is 79.9. The topological polar surface area (TPSA) is 73.8 Å². The van der Waals surface area contributed by atoms with Crippen LogP contribution in [0.15, 0.2) is 40.0 Å². The van der Waals surface area contributed by atoms with Crippen LogP contribution in [-0.4, -0.2) is 20.7 Å².